The van der Waals surface area contributed by atoms with Crippen molar-refractivity contribution in [1.82, 2.24) is 14.5 Å². The Morgan fingerprint density at radius 2 is 1.37 bits per heavy atom. The summed E-state index contributed by atoms with van der Waals surface area (Å²) in [6.45, 7) is 22.8. The van der Waals surface area contributed by atoms with Gasteiger partial charge in [-0.1, -0.05) is 77.9 Å². The van der Waals surface area contributed by atoms with Gasteiger partial charge >= 0.3 is 0 Å². The first-order valence-electron chi connectivity index (χ1n) is 16.9. The van der Waals surface area contributed by atoms with E-state index in [1.54, 1.807) is 48.5 Å². The maximum Gasteiger partial charge on any atom is 0.258 e. The second-order valence-electron chi connectivity index (χ2n) is 15.8. The summed E-state index contributed by atoms with van der Waals surface area (Å²) < 4.78 is 22.4. The van der Waals surface area contributed by atoms with Crippen LogP contribution in [-0.2, 0) is 13.6 Å². The molecular formula is C37H51N5O5Si2. The highest BCUT2D eigenvalue weighted by molar-refractivity contribution is 6.74. The molecule has 0 unspecified atom stereocenters. The normalized spacial score (nSPS) is 18.9. The van der Waals surface area contributed by atoms with Gasteiger partial charge in [-0.3, -0.25) is 14.9 Å². The Balaban J connectivity index is 1.51. The number of carbonyl (C=O) groups excluding carboxylic acids is 2. The second kappa shape index (κ2) is 13.9. The van der Waals surface area contributed by atoms with Gasteiger partial charge in [0.1, 0.15) is 23.8 Å². The molecule has 1 aliphatic rings. The number of hydrogen-bond acceptors (Lipinski definition) is 7. The van der Waals surface area contributed by atoms with E-state index in [0.717, 1.165) is 0 Å². The van der Waals surface area contributed by atoms with Gasteiger partial charge in [0.2, 0.25) is 5.95 Å². The van der Waals surface area contributed by atoms with Crippen LogP contribution < -0.4 is 10.6 Å². The molecule has 2 aromatic heterocycles. The molecule has 262 valence electrons. The van der Waals surface area contributed by atoms with Crippen molar-refractivity contribution < 1.29 is 23.2 Å². The molecule has 1 fully saturated rings. The van der Waals surface area contributed by atoms with E-state index < -0.39 is 22.9 Å². The Morgan fingerprint density at radius 3 is 1.92 bits per heavy atom. The number of nitrogens with one attached hydrogen (secondary N) is 2. The zero-order valence-electron chi connectivity index (χ0n) is 30.5. The van der Waals surface area contributed by atoms with E-state index >= 15 is 0 Å². The van der Waals surface area contributed by atoms with Crippen LogP contribution in [0.4, 0.5) is 11.8 Å². The van der Waals surface area contributed by atoms with Crippen LogP contribution >= 0.6 is 0 Å². The van der Waals surface area contributed by atoms with Gasteiger partial charge in [0.25, 0.3) is 11.8 Å². The molecule has 0 bridgehead atoms. The number of rotatable bonds is 10. The zero-order chi connectivity index (χ0) is 35.8. The lowest BCUT2D eigenvalue weighted by Crippen LogP contribution is -2.48. The third-order valence-electron chi connectivity index (χ3n) is 10.3. The average Bonchev–Trinajstić information content (AvgIpc) is 3.63. The topological polar surface area (TPSA) is 117 Å². The smallest absolute Gasteiger partial charge is 0.258 e. The summed E-state index contributed by atoms with van der Waals surface area (Å²) >= 11 is 0. The first-order chi connectivity index (χ1) is 22.9. The van der Waals surface area contributed by atoms with Crippen molar-refractivity contribution in [2.75, 3.05) is 17.2 Å². The molecule has 5 rings (SSSR count). The van der Waals surface area contributed by atoms with Crippen LogP contribution in [0.1, 0.15) is 74.9 Å². The summed E-state index contributed by atoms with van der Waals surface area (Å²) in [4.78, 5) is 35.9. The van der Waals surface area contributed by atoms with Crippen LogP contribution in [0.2, 0.25) is 36.3 Å². The van der Waals surface area contributed by atoms with Gasteiger partial charge in [-0.05, 0) is 66.6 Å². The van der Waals surface area contributed by atoms with Crippen molar-refractivity contribution >= 4 is 51.2 Å². The number of fused-ring (bicyclic) bond motifs is 1. The quantitative estimate of drug-likeness (QED) is 0.159. The first kappa shape index (κ1) is 36.6. The van der Waals surface area contributed by atoms with Crippen LogP contribution in [0.15, 0.2) is 72.9 Å². The number of hydrogen-bond donors (Lipinski definition) is 2. The molecule has 2 aromatic carbocycles. The van der Waals surface area contributed by atoms with E-state index in [0.29, 0.717) is 35.2 Å². The fourth-order valence-electron chi connectivity index (χ4n) is 5.16. The molecular weight excluding hydrogens is 651 g/mol. The fraction of sp³-hybridized carbons (Fsp3) is 0.459. The Morgan fingerprint density at radius 1 is 0.816 bits per heavy atom. The number of ether oxygens (including phenoxy) is 1. The van der Waals surface area contributed by atoms with Gasteiger partial charge in [-0.15, -0.1) is 0 Å². The molecule has 2 N–H and O–H groups in total. The minimum Gasteiger partial charge on any atom is -0.414 e. The van der Waals surface area contributed by atoms with E-state index in [4.69, 9.17) is 18.6 Å². The summed E-state index contributed by atoms with van der Waals surface area (Å²) in [6.07, 6.45) is 1.58. The maximum atomic E-state index is 13.3. The molecule has 2 amide bonds. The van der Waals surface area contributed by atoms with Gasteiger partial charge in [0.15, 0.2) is 16.6 Å². The van der Waals surface area contributed by atoms with Crippen molar-refractivity contribution in [3.8, 4) is 0 Å². The highest BCUT2D eigenvalue weighted by atomic mass is 28.4. The number of aromatic nitrogens is 3. The summed E-state index contributed by atoms with van der Waals surface area (Å²) in [5, 5.41) is 6.46. The summed E-state index contributed by atoms with van der Waals surface area (Å²) in [5.41, 5.74) is 1.47. The van der Waals surface area contributed by atoms with E-state index in [-0.39, 0.29) is 45.9 Å². The molecule has 10 nitrogen and oxygen atoms in total. The van der Waals surface area contributed by atoms with E-state index in [1.807, 2.05) is 29.0 Å². The summed E-state index contributed by atoms with van der Waals surface area (Å²) in [5.74, 6) is -0.335. The lowest BCUT2D eigenvalue weighted by molar-refractivity contribution is -0.0381. The number of nitrogens with zero attached hydrogens (tertiary/aromatic N) is 3. The summed E-state index contributed by atoms with van der Waals surface area (Å²) in [7, 11) is -4.23. The molecule has 12 heteroatoms. The molecule has 4 aromatic rings. The van der Waals surface area contributed by atoms with Gasteiger partial charge in [0.05, 0.1) is 18.1 Å². The minimum atomic E-state index is -2.16. The second-order valence-corrected chi connectivity index (χ2v) is 25.4. The number of anilines is 2. The number of amides is 2. The lowest BCUT2D eigenvalue weighted by atomic mass is 10.2. The summed E-state index contributed by atoms with van der Waals surface area (Å²) in [6, 6.07) is 19.7. The highest BCUT2D eigenvalue weighted by Gasteiger charge is 2.47. The number of carbonyl (C=O) groups is 2. The van der Waals surface area contributed by atoms with Crippen LogP contribution in [0.5, 0.6) is 0 Å². The van der Waals surface area contributed by atoms with Gasteiger partial charge < -0.3 is 23.5 Å². The van der Waals surface area contributed by atoms with Crippen LogP contribution in [-0.4, -0.2) is 61.8 Å². The van der Waals surface area contributed by atoms with Crippen molar-refractivity contribution in [1.29, 1.82) is 0 Å². The third-order valence-corrected chi connectivity index (χ3v) is 19.3. The Bertz CT molecular complexity index is 1780. The molecule has 3 heterocycles. The van der Waals surface area contributed by atoms with Gasteiger partial charge in [-0.2, -0.15) is 9.97 Å². The first-order valence-corrected chi connectivity index (χ1v) is 22.8. The average molecular weight is 702 g/mol. The molecule has 0 radical (unpaired) electrons. The Hall–Kier alpha value is -3.69. The van der Waals surface area contributed by atoms with Crippen molar-refractivity contribution in [3.05, 3.63) is 84.1 Å². The molecule has 0 aliphatic carbocycles. The minimum absolute atomic E-state index is 0.0149. The highest BCUT2D eigenvalue weighted by Crippen LogP contribution is 2.43. The van der Waals surface area contributed by atoms with Crippen LogP contribution in [0.25, 0.3) is 11.0 Å². The molecule has 0 saturated carbocycles. The van der Waals surface area contributed by atoms with E-state index in [9.17, 15) is 9.59 Å². The fourth-order valence-corrected chi connectivity index (χ4v) is 7.53. The SMILES string of the molecule is CC(C)(C)[Si](C)(C)OC[C@H]1O[C@@H](n2ccc3c(NC(=O)c4ccccc4)nc(NC(=O)c4ccccc4)nc32)C[C@@H]1O[Si](C)(C)C(C)(C)C. The largest absolute Gasteiger partial charge is 0.414 e. The molecule has 1 aliphatic heterocycles. The van der Waals surface area contributed by atoms with Crippen LogP contribution in [0.3, 0.4) is 0 Å². The number of benzene rings is 2. The Labute approximate surface area is 292 Å². The monoisotopic (exact) mass is 701 g/mol. The Kier molecular flexibility index (Phi) is 10.4. The van der Waals surface area contributed by atoms with Crippen molar-refractivity contribution in [2.45, 2.75) is 103 Å². The van der Waals surface area contributed by atoms with E-state index in [1.165, 1.54) is 0 Å². The van der Waals surface area contributed by atoms with Crippen molar-refractivity contribution in [3.63, 3.8) is 0 Å². The zero-order valence-corrected chi connectivity index (χ0v) is 32.5. The van der Waals surface area contributed by atoms with Gasteiger partial charge in [-0.25, -0.2) is 0 Å². The maximum absolute atomic E-state index is 13.3. The lowest BCUT2D eigenvalue weighted by Gasteiger charge is -2.40. The van der Waals surface area contributed by atoms with Crippen LogP contribution in [0, 0.1) is 0 Å². The molecule has 1 saturated heterocycles. The van der Waals surface area contributed by atoms with Crippen molar-refractivity contribution in [2.24, 2.45) is 0 Å². The predicted octanol–water partition coefficient (Wildman–Crippen LogP) is 8.64. The predicted molar refractivity (Wildman–Crippen MR) is 200 cm³/mol. The molecule has 3 atom stereocenters. The molecule has 49 heavy (non-hydrogen) atoms. The van der Waals surface area contributed by atoms with Gasteiger partial charge in [0, 0.05) is 23.7 Å². The van der Waals surface area contributed by atoms with E-state index in [2.05, 4.69) is 83.3 Å². The third kappa shape index (κ3) is 8.21. The molecule has 0 spiro atoms. The standard InChI is InChI=1S/C37H51N5O5Si2/c1-36(2,3)48(7,8)45-24-29-28(47-49(9,10)37(4,5)6)23-30(46-29)42-22-21-27-31(38-33(43)25-17-13-11-14-18-25)39-35(40-32(27)42)41-34(44)26-19-15-12-16-20-26/h11-22,28-30H,23-24H2,1-10H3,(H2,38,39,40,41,43,44)/t28-,29+,30+/m0/s1.